The summed E-state index contributed by atoms with van der Waals surface area (Å²) in [5, 5.41) is 22.5. The quantitative estimate of drug-likeness (QED) is 0.0853. The molecule has 13 heteroatoms. The first kappa shape index (κ1) is 38.6. The third kappa shape index (κ3) is 8.90. The van der Waals surface area contributed by atoms with Gasteiger partial charge in [-0.25, -0.2) is 14.8 Å². The van der Waals surface area contributed by atoms with Crippen molar-refractivity contribution in [1.82, 2.24) is 30.5 Å². The molecule has 3 aromatic heterocycles. The Hall–Kier alpha value is -6.70. The molecule has 11 nitrogen and oxygen atoms in total. The number of aliphatic carboxylic acids is 1. The smallest absolute Gasteiger partial charge is 0.326 e. The van der Waals surface area contributed by atoms with Gasteiger partial charge in [-0.15, -0.1) is 22.7 Å². The minimum atomic E-state index is -1.38. The zero-order valence-corrected chi connectivity index (χ0v) is 32.2. The van der Waals surface area contributed by atoms with Crippen LogP contribution in [0.3, 0.4) is 0 Å². The SMILES string of the molecule is O=C(CNC(=O)c1csc(-c2cccs2)n1)N[C@@H](Cc1ccccc1)C(=O)N[C@@H](Cc1cn(C(c2ccccc2)(c2ccccc2)c2ccccc2)cn1)C(=O)O. The third-order valence-corrected chi connectivity index (χ3v) is 11.3. The second-order valence-electron chi connectivity index (χ2n) is 13.2. The van der Waals surface area contributed by atoms with Crippen LogP contribution in [0.4, 0.5) is 0 Å². The molecule has 0 saturated carbocycles. The normalized spacial score (nSPS) is 12.3. The fraction of sp³-hybridized carbons (Fsp3) is 0.136. The average molecular weight is 795 g/mol. The van der Waals surface area contributed by atoms with E-state index in [4.69, 9.17) is 0 Å². The Bertz CT molecular complexity index is 2320. The first-order chi connectivity index (χ1) is 27.8. The fourth-order valence-electron chi connectivity index (χ4n) is 6.77. The second-order valence-corrected chi connectivity index (χ2v) is 15.0. The average Bonchev–Trinajstić information content (AvgIpc) is 4.05. The topological polar surface area (TPSA) is 155 Å². The number of rotatable bonds is 16. The summed E-state index contributed by atoms with van der Waals surface area (Å²) in [5.74, 6) is -3.12. The summed E-state index contributed by atoms with van der Waals surface area (Å²) in [4.78, 5) is 62.6. The summed E-state index contributed by atoms with van der Waals surface area (Å²) in [5.41, 5.74) is 3.42. The highest BCUT2D eigenvalue weighted by Gasteiger charge is 2.39. The molecular formula is C44H38N6O5S2. The first-order valence-electron chi connectivity index (χ1n) is 18.1. The van der Waals surface area contributed by atoms with Gasteiger partial charge < -0.3 is 25.6 Å². The molecule has 0 aliphatic rings. The van der Waals surface area contributed by atoms with Gasteiger partial charge in [0, 0.05) is 24.4 Å². The number of carbonyl (C=O) groups is 4. The van der Waals surface area contributed by atoms with E-state index in [9.17, 15) is 24.3 Å². The molecule has 3 amide bonds. The largest absolute Gasteiger partial charge is 0.480 e. The van der Waals surface area contributed by atoms with E-state index in [0.29, 0.717) is 10.7 Å². The molecule has 0 aliphatic carbocycles. The molecule has 2 atom stereocenters. The minimum Gasteiger partial charge on any atom is -0.480 e. The molecule has 0 bridgehead atoms. The van der Waals surface area contributed by atoms with E-state index < -0.39 is 47.9 Å². The highest BCUT2D eigenvalue weighted by atomic mass is 32.1. The number of thiazole rings is 1. The molecule has 0 radical (unpaired) electrons. The van der Waals surface area contributed by atoms with Crippen molar-refractivity contribution in [2.24, 2.45) is 0 Å². The van der Waals surface area contributed by atoms with Gasteiger partial charge in [-0.05, 0) is 33.7 Å². The summed E-state index contributed by atoms with van der Waals surface area (Å²) in [6.45, 7) is -0.422. The Balaban J connectivity index is 1.09. The number of thiophene rings is 1. The monoisotopic (exact) mass is 794 g/mol. The maximum absolute atomic E-state index is 13.9. The van der Waals surface area contributed by atoms with Crippen LogP contribution in [0.5, 0.6) is 0 Å². The van der Waals surface area contributed by atoms with Crippen molar-refractivity contribution in [2.45, 2.75) is 30.5 Å². The van der Waals surface area contributed by atoms with E-state index in [2.05, 4.69) is 25.9 Å². The number of carboxylic acids is 1. The molecule has 7 aromatic rings. The Morgan fingerprint density at radius 1 is 0.702 bits per heavy atom. The molecule has 4 N–H and O–H groups in total. The fourth-order valence-corrected chi connectivity index (χ4v) is 8.38. The molecule has 0 aliphatic heterocycles. The van der Waals surface area contributed by atoms with Gasteiger partial charge in [0.25, 0.3) is 5.91 Å². The lowest BCUT2D eigenvalue weighted by atomic mass is 9.77. The van der Waals surface area contributed by atoms with Crippen LogP contribution >= 0.6 is 22.7 Å². The van der Waals surface area contributed by atoms with E-state index in [1.807, 2.05) is 125 Å². The van der Waals surface area contributed by atoms with Gasteiger partial charge in [0.2, 0.25) is 11.8 Å². The van der Waals surface area contributed by atoms with Crippen LogP contribution in [0.15, 0.2) is 157 Å². The number of nitrogens with zero attached hydrogens (tertiary/aromatic N) is 3. The van der Waals surface area contributed by atoms with Crippen LogP contribution in [0.1, 0.15) is 38.4 Å². The molecule has 0 fully saturated rings. The van der Waals surface area contributed by atoms with Gasteiger partial charge >= 0.3 is 5.97 Å². The van der Waals surface area contributed by atoms with Crippen LogP contribution in [-0.4, -0.2) is 62.0 Å². The van der Waals surface area contributed by atoms with Gasteiger partial charge in [-0.2, -0.15) is 0 Å². The lowest BCUT2D eigenvalue weighted by Crippen LogP contribution is -2.54. The molecule has 0 unspecified atom stereocenters. The Morgan fingerprint density at radius 3 is 1.86 bits per heavy atom. The molecule has 57 heavy (non-hydrogen) atoms. The van der Waals surface area contributed by atoms with Crippen molar-refractivity contribution < 1.29 is 24.3 Å². The number of benzene rings is 4. The Labute approximate surface area is 337 Å². The molecule has 0 spiro atoms. The molecule has 286 valence electrons. The van der Waals surface area contributed by atoms with Gasteiger partial charge in [0.1, 0.15) is 28.3 Å². The summed E-state index contributed by atoms with van der Waals surface area (Å²) in [6, 6.07) is 40.4. The van der Waals surface area contributed by atoms with E-state index in [-0.39, 0.29) is 18.5 Å². The van der Waals surface area contributed by atoms with Crippen molar-refractivity contribution in [2.75, 3.05) is 6.54 Å². The van der Waals surface area contributed by atoms with Crippen molar-refractivity contribution in [3.63, 3.8) is 0 Å². The number of imidazole rings is 1. The van der Waals surface area contributed by atoms with E-state index >= 15 is 0 Å². The predicted octanol–water partition coefficient (Wildman–Crippen LogP) is 6.18. The molecular weight excluding hydrogens is 757 g/mol. The number of nitrogens with one attached hydrogen (secondary N) is 3. The van der Waals surface area contributed by atoms with Gasteiger partial charge in [0.05, 0.1) is 23.4 Å². The van der Waals surface area contributed by atoms with Crippen molar-refractivity contribution in [3.8, 4) is 9.88 Å². The molecule has 7 rings (SSSR count). The molecule has 4 aromatic carbocycles. The number of hydrogen-bond acceptors (Lipinski definition) is 8. The van der Waals surface area contributed by atoms with Gasteiger partial charge in [-0.1, -0.05) is 127 Å². The van der Waals surface area contributed by atoms with Gasteiger partial charge in [0.15, 0.2) is 0 Å². The predicted molar refractivity (Wildman–Crippen MR) is 220 cm³/mol. The number of carbonyl (C=O) groups excluding carboxylic acids is 3. The summed E-state index contributed by atoms with van der Waals surface area (Å²) in [6.07, 6.45) is 3.44. The Morgan fingerprint density at radius 2 is 1.30 bits per heavy atom. The highest BCUT2D eigenvalue weighted by molar-refractivity contribution is 7.20. The maximum Gasteiger partial charge on any atom is 0.326 e. The maximum atomic E-state index is 13.9. The number of carboxylic acid groups (broad SMARTS) is 1. The van der Waals surface area contributed by atoms with E-state index in [1.165, 1.54) is 22.7 Å². The first-order valence-corrected chi connectivity index (χ1v) is 19.9. The summed E-state index contributed by atoms with van der Waals surface area (Å²) >= 11 is 2.83. The zero-order chi connectivity index (χ0) is 39.6. The molecule has 3 heterocycles. The van der Waals surface area contributed by atoms with Crippen LogP contribution in [0, 0.1) is 0 Å². The number of aromatic nitrogens is 3. The van der Waals surface area contributed by atoms with Crippen LogP contribution in [-0.2, 0) is 32.8 Å². The van der Waals surface area contributed by atoms with Crippen molar-refractivity contribution >= 4 is 46.4 Å². The third-order valence-electron chi connectivity index (χ3n) is 9.44. The standard InChI is InChI=1S/C44H38N6O5S2/c51-39(26-45-40(52)37-28-57-42(49-37)38-22-13-23-56-38)47-35(24-30-14-5-1-6-15-30)41(53)48-36(43(54)55)25-34-27-50(29-46-34)44(31-16-7-2-8-17-31,32-18-9-3-10-19-32)33-20-11-4-12-21-33/h1-23,27-29,35-36H,24-26H2,(H,45,52)(H,47,51)(H,48,53)(H,54,55)/t35-,36-/m0/s1. The van der Waals surface area contributed by atoms with Crippen molar-refractivity contribution in [3.05, 3.63) is 190 Å². The Kier molecular flexibility index (Phi) is 12.1. The van der Waals surface area contributed by atoms with Gasteiger partial charge in [-0.3, -0.25) is 14.4 Å². The van der Waals surface area contributed by atoms with Crippen molar-refractivity contribution in [1.29, 1.82) is 0 Å². The summed E-state index contributed by atoms with van der Waals surface area (Å²) in [7, 11) is 0. The number of hydrogen-bond donors (Lipinski definition) is 4. The zero-order valence-electron chi connectivity index (χ0n) is 30.5. The number of amides is 3. The van der Waals surface area contributed by atoms with E-state index in [0.717, 1.165) is 27.1 Å². The lowest BCUT2D eigenvalue weighted by Gasteiger charge is -2.37. The minimum absolute atomic E-state index is 0.0807. The second kappa shape index (κ2) is 17.8. The highest BCUT2D eigenvalue weighted by Crippen LogP contribution is 2.40. The molecule has 0 saturated heterocycles. The lowest BCUT2D eigenvalue weighted by molar-refractivity contribution is -0.142. The van der Waals surface area contributed by atoms with E-state index in [1.54, 1.807) is 36.0 Å². The van der Waals surface area contributed by atoms with Crippen LogP contribution < -0.4 is 16.0 Å². The van der Waals surface area contributed by atoms with Crippen LogP contribution in [0.2, 0.25) is 0 Å². The van der Waals surface area contributed by atoms with Crippen LogP contribution in [0.25, 0.3) is 9.88 Å². The summed E-state index contributed by atoms with van der Waals surface area (Å²) < 4.78 is 1.98.